The Bertz CT molecular complexity index is 1260. The van der Waals surface area contributed by atoms with Gasteiger partial charge in [0.05, 0.1) is 0 Å². The van der Waals surface area contributed by atoms with Crippen molar-refractivity contribution in [2.45, 2.75) is 90.1 Å². The molecule has 0 spiro atoms. The highest BCUT2D eigenvalue weighted by Gasteiger charge is 2.29. The Morgan fingerprint density at radius 1 is 0.636 bits per heavy atom. The number of carboxylic acids is 1. The molecule has 44 heavy (non-hydrogen) atoms. The molecule has 240 valence electrons. The molecule has 0 aliphatic rings. The van der Waals surface area contributed by atoms with Gasteiger partial charge in [-0.3, -0.25) is 9.59 Å². The van der Waals surface area contributed by atoms with Crippen molar-refractivity contribution in [2.75, 3.05) is 6.54 Å². The molecule has 0 saturated heterocycles. The Kier molecular flexibility index (Phi) is 13.2. The van der Waals surface area contributed by atoms with Crippen LogP contribution in [0, 0.1) is 0 Å². The molecule has 0 unspecified atom stereocenters. The van der Waals surface area contributed by atoms with Crippen LogP contribution in [0.1, 0.15) is 59.1 Å². The number of hydrogen-bond acceptors (Lipinski definition) is 7. The number of aliphatic carboxylic acids is 1. The number of alkyl carbamates (subject to hydrolysis) is 2. The van der Waals surface area contributed by atoms with Crippen LogP contribution < -0.4 is 21.3 Å². The summed E-state index contributed by atoms with van der Waals surface area (Å²) in [7, 11) is 0. The maximum absolute atomic E-state index is 13.2. The standard InChI is InChI=1S/C32H44N4O8/c1-31(2,3)43-29(41)35-24(19-21-13-9-7-10-14-21)26(37)33-18-17-23(28(39)40)34-27(38)25(20-22-15-11-8-12-16-22)36-30(42)44-32(4,5)6/h7-16,23-25H,17-20H2,1-6H3,(H,33,37)(H,34,38)(H,35,41)(H,36,42)(H,39,40)/t23-,24-,25-/m0/s1. The van der Waals surface area contributed by atoms with E-state index in [1.54, 1.807) is 77.9 Å². The van der Waals surface area contributed by atoms with Gasteiger partial charge in [-0.05, 0) is 59.1 Å². The van der Waals surface area contributed by atoms with Crippen molar-refractivity contribution in [3.05, 3.63) is 71.8 Å². The zero-order valence-corrected chi connectivity index (χ0v) is 26.1. The molecular weight excluding hydrogens is 568 g/mol. The summed E-state index contributed by atoms with van der Waals surface area (Å²) in [6.07, 6.45) is -1.50. The van der Waals surface area contributed by atoms with E-state index in [-0.39, 0.29) is 25.8 Å². The van der Waals surface area contributed by atoms with E-state index >= 15 is 0 Å². The Balaban J connectivity index is 2.08. The highest BCUT2D eigenvalue weighted by molar-refractivity contribution is 5.90. The van der Waals surface area contributed by atoms with Crippen LogP contribution in [0.5, 0.6) is 0 Å². The number of carbonyl (C=O) groups excluding carboxylic acids is 4. The van der Waals surface area contributed by atoms with Crippen molar-refractivity contribution in [2.24, 2.45) is 0 Å². The summed E-state index contributed by atoms with van der Waals surface area (Å²) < 4.78 is 10.6. The van der Waals surface area contributed by atoms with Gasteiger partial charge >= 0.3 is 18.2 Å². The van der Waals surface area contributed by atoms with Crippen molar-refractivity contribution in [1.29, 1.82) is 0 Å². The number of nitrogens with one attached hydrogen (secondary N) is 4. The van der Waals surface area contributed by atoms with Gasteiger partial charge in [0.1, 0.15) is 29.3 Å². The molecule has 3 atom stereocenters. The van der Waals surface area contributed by atoms with E-state index in [1.165, 1.54) is 0 Å². The van der Waals surface area contributed by atoms with Crippen molar-refractivity contribution in [3.8, 4) is 0 Å². The van der Waals surface area contributed by atoms with Gasteiger partial charge in [0, 0.05) is 19.4 Å². The number of ether oxygens (including phenoxy) is 2. The fraction of sp³-hybridized carbons (Fsp3) is 0.469. The van der Waals surface area contributed by atoms with E-state index in [0.29, 0.717) is 0 Å². The van der Waals surface area contributed by atoms with Gasteiger partial charge in [-0.1, -0.05) is 60.7 Å². The minimum atomic E-state index is -1.38. The summed E-state index contributed by atoms with van der Waals surface area (Å²) in [4.78, 5) is 63.2. The summed E-state index contributed by atoms with van der Waals surface area (Å²) >= 11 is 0. The number of carbonyl (C=O) groups is 5. The molecule has 0 radical (unpaired) electrons. The average Bonchev–Trinajstić information content (AvgIpc) is 2.90. The Hall–Kier alpha value is -4.61. The SMILES string of the molecule is CC(C)(C)OC(=O)N[C@@H](Cc1ccccc1)C(=O)NCC[C@H](NC(=O)[C@H](Cc1ccccc1)NC(=O)OC(C)(C)C)C(=O)O. The summed E-state index contributed by atoms with van der Waals surface area (Å²) in [6, 6.07) is 14.5. The normalized spacial score (nSPS) is 13.4. The molecule has 5 N–H and O–H groups in total. The van der Waals surface area contributed by atoms with Crippen LogP contribution in [0.3, 0.4) is 0 Å². The fourth-order valence-electron chi connectivity index (χ4n) is 4.01. The van der Waals surface area contributed by atoms with E-state index in [2.05, 4.69) is 21.3 Å². The van der Waals surface area contributed by atoms with E-state index in [1.807, 2.05) is 24.3 Å². The lowest BCUT2D eigenvalue weighted by molar-refractivity contribution is -0.142. The smallest absolute Gasteiger partial charge is 0.408 e. The van der Waals surface area contributed by atoms with Crippen LogP contribution in [0.15, 0.2) is 60.7 Å². The summed E-state index contributed by atoms with van der Waals surface area (Å²) in [6.45, 7) is 10.0. The minimum absolute atomic E-state index is 0.0898. The van der Waals surface area contributed by atoms with E-state index in [4.69, 9.17) is 9.47 Å². The molecule has 0 aliphatic heterocycles. The van der Waals surface area contributed by atoms with Crippen molar-refractivity contribution < 1.29 is 38.6 Å². The molecular formula is C32H44N4O8. The first kappa shape index (κ1) is 35.6. The van der Waals surface area contributed by atoms with Gasteiger partial charge in [-0.25, -0.2) is 14.4 Å². The molecule has 2 aromatic carbocycles. The molecule has 0 fully saturated rings. The fourth-order valence-corrected chi connectivity index (χ4v) is 4.01. The second-order valence-corrected chi connectivity index (χ2v) is 12.3. The number of benzene rings is 2. The van der Waals surface area contributed by atoms with Crippen LogP contribution in [0.25, 0.3) is 0 Å². The Morgan fingerprint density at radius 3 is 1.43 bits per heavy atom. The van der Waals surface area contributed by atoms with Gasteiger partial charge in [0.2, 0.25) is 11.8 Å². The number of hydrogen-bond donors (Lipinski definition) is 5. The monoisotopic (exact) mass is 612 g/mol. The lowest BCUT2D eigenvalue weighted by Crippen LogP contribution is -2.54. The van der Waals surface area contributed by atoms with Gasteiger partial charge in [0.25, 0.3) is 0 Å². The van der Waals surface area contributed by atoms with Gasteiger partial charge in [0.15, 0.2) is 0 Å². The molecule has 2 aromatic rings. The van der Waals surface area contributed by atoms with E-state index < -0.39 is 59.3 Å². The molecule has 12 nitrogen and oxygen atoms in total. The van der Waals surface area contributed by atoms with Crippen LogP contribution in [-0.4, -0.2) is 70.9 Å². The van der Waals surface area contributed by atoms with Gasteiger partial charge < -0.3 is 35.8 Å². The highest BCUT2D eigenvalue weighted by atomic mass is 16.6. The van der Waals surface area contributed by atoms with Crippen LogP contribution in [0.2, 0.25) is 0 Å². The second kappa shape index (κ2) is 16.3. The molecule has 2 rings (SSSR count). The molecule has 0 aromatic heterocycles. The zero-order valence-electron chi connectivity index (χ0n) is 26.1. The lowest BCUT2D eigenvalue weighted by atomic mass is 10.0. The van der Waals surface area contributed by atoms with Crippen LogP contribution >= 0.6 is 0 Å². The molecule has 0 bridgehead atoms. The van der Waals surface area contributed by atoms with Crippen molar-refractivity contribution in [1.82, 2.24) is 21.3 Å². The first-order valence-corrected chi connectivity index (χ1v) is 14.4. The molecule has 0 heterocycles. The Morgan fingerprint density at radius 2 is 1.05 bits per heavy atom. The molecule has 12 heteroatoms. The summed E-state index contributed by atoms with van der Waals surface area (Å²) in [5.41, 5.74) is -0.0520. The summed E-state index contributed by atoms with van der Waals surface area (Å²) in [5.74, 6) is -2.60. The maximum atomic E-state index is 13.2. The van der Waals surface area contributed by atoms with Crippen molar-refractivity contribution >= 4 is 30.0 Å². The topological polar surface area (TPSA) is 172 Å². The van der Waals surface area contributed by atoms with Crippen LogP contribution in [-0.2, 0) is 36.7 Å². The molecule has 4 amide bonds. The summed E-state index contributed by atoms with van der Waals surface area (Å²) in [5, 5.41) is 20.0. The maximum Gasteiger partial charge on any atom is 0.408 e. The molecule has 0 aliphatic carbocycles. The average molecular weight is 613 g/mol. The predicted molar refractivity (Wildman–Crippen MR) is 164 cm³/mol. The molecule has 0 saturated carbocycles. The number of rotatable bonds is 13. The Labute approximate surface area is 258 Å². The second-order valence-electron chi connectivity index (χ2n) is 12.3. The lowest BCUT2D eigenvalue weighted by Gasteiger charge is -2.25. The third-order valence-corrected chi connectivity index (χ3v) is 5.93. The van der Waals surface area contributed by atoms with Crippen LogP contribution in [0.4, 0.5) is 9.59 Å². The largest absolute Gasteiger partial charge is 0.480 e. The number of amides is 4. The highest BCUT2D eigenvalue weighted by Crippen LogP contribution is 2.11. The first-order chi connectivity index (χ1) is 20.5. The zero-order chi connectivity index (χ0) is 32.9. The van der Waals surface area contributed by atoms with Gasteiger partial charge in [-0.2, -0.15) is 0 Å². The third-order valence-electron chi connectivity index (χ3n) is 5.93. The first-order valence-electron chi connectivity index (χ1n) is 14.4. The van der Waals surface area contributed by atoms with Crippen molar-refractivity contribution in [3.63, 3.8) is 0 Å². The van der Waals surface area contributed by atoms with Gasteiger partial charge in [-0.15, -0.1) is 0 Å². The minimum Gasteiger partial charge on any atom is -0.480 e. The quantitative estimate of drug-likeness (QED) is 0.229. The third kappa shape index (κ3) is 14.0. The van der Waals surface area contributed by atoms with E-state index in [9.17, 15) is 29.1 Å². The number of carboxylic acid groups (broad SMARTS) is 1. The van der Waals surface area contributed by atoms with E-state index in [0.717, 1.165) is 11.1 Å². The predicted octanol–water partition coefficient (Wildman–Crippen LogP) is 3.33.